The van der Waals surface area contributed by atoms with Gasteiger partial charge < -0.3 is 10.1 Å². The van der Waals surface area contributed by atoms with Crippen LogP contribution in [-0.4, -0.2) is 25.3 Å². The van der Waals surface area contributed by atoms with Crippen LogP contribution >= 0.6 is 0 Å². The third-order valence-electron chi connectivity index (χ3n) is 2.73. The molecule has 3 nitrogen and oxygen atoms in total. The van der Waals surface area contributed by atoms with E-state index in [1.54, 1.807) is 31.2 Å². The number of nitrogens with one attached hydrogen (secondary N) is 1. The normalized spacial score (nSPS) is 12.9. The van der Waals surface area contributed by atoms with Crippen molar-refractivity contribution in [2.24, 2.45) is 0 Å². The van der Waals surface area contributed by atoms with Gasteiger partial charge in [-0.3, -0.25) is 4.79 Å². The van der Waals surface area contributed by atoms with Gasteiger partial charge in [0.15, 0.2) is 0 Å². The van der Waals surface area contributed by atoms with Crippen molar-refractivity contribution in [3.05, 3.63) is 29.8 Å². The number of hydrogen-bond acceptors (Lipinski definition) is 3. The number of anilines is 1. The molecule has 0 radical (unpaired) electrons. The predicted molar refractivity (Wildman–Crippen MR) is 65.9 cm³/mol. The van der Waals surface area contributed by atoms with Crippen LogP contribution in [0, 0.1) is 6.92 Å². The van der Waals surface area contributed by atoms with Crippen molar-refractivity contribution in [2.45, 2.75) is 32.0 Å². The molecule has 0 bridgehead atoms. The van der Waals surface area contributed by atoms with Crippen LogP contribution in [0.2, 0.25) is 0 Å². The fourth-order valence-electron chi connectivity index (χ4n) is 1.60. The van der Waals surface area contributed by atoms with Crippen molar-refractivity contribution in [2.75, 3.05) is 12.4 Å². The molecule has 1 atom stereocenters. The molecule has 0 aliphatic heterocycles. The molecule has 1 aromatic carbocycles. The molecule has 106 valence electrons. The van der Waals surface area contributed by atoms with E-state index in [0.717, 1.165) is 12.7 Å². The molecular formula is C13H16F3NO2. The van der Waals surface area contributed by atoms with Gasteiger partial charge in [-0.15, -0.1) is 0 Å². The van der Waals surface area contributed by atoms with Gasteiger partial charge in [-0.2, -0.15) is 13.2 Å². The molecule has 1 unspecified atom stereocenters. The van der Waals surface area contributed by atoms with Gasteiger partial charge in [0.2, 0.25) is 0 Å². The van der Waals surface area contributed by atoms with Crippen LogP contribution in [0.1, 0.15) is 18.4 Å². The average Bonchev–Trinajstić information content (AvgIpc) is 2.34. The molecular weight excluding hydrogens is 259 g/mol. The molecule has 0 aliphatic rings. The number of para-hydroxylation sites is 1. The zero-order chi connectivity index (χ0) is 14.5. The van der Waals surface area contributed by atoms with Crippen molar-refractivity contribution >= 4 is 11.7 Å². The summed E-state index contributed by atoms with van der Waals surface area (Å²) in [5.41, 5.74) is 1.13. The Kier molecular flexibility index (Phi) is 5.20. The maximum absolute atomic E-state index is 12.9. The number of alkyl halides is 3. The van der Waals surface area contributed by atoms with E-state index < -0.39 is 18.2 Å². The Morgan fingerprint density at radius 3 is 2.53 bits per heavy atom. The molecule has 1 rings (SSSR count). The standard InChI is InChI=1S/C13H16F3NO2/c1-9-5-3-4-6-10(9)17-11(13(14,15)16)7-8-12(18)19-2/h3-6,11,17H,7-8H2,1-2H3. The highest BCUT2D eigenvalue weighted by molar-refractivity contribution is 5.69. The molecule has 19 heavy (non-hydrogen) atoms. The van der Waals surface area contributed by atoms with E-state index in [1.165, 1.54) is 0 Å². The predicted octanol–water partition coefficient (Wildman–Crippen LogP) is 3.29. The SMILES string of the molecule is COC(=O)CCC(Nc1ccccc1C)C(F)(F)F. The Balaban J connectivity index is 2.76. The first-order valence-electron chi connectivity index (χ1n) is 5.80. The fraction of sp³-hybridized carbons (Fsp3) is 0.462. The monoisotopic (exact) mass is 275 g/mol. The molecule has 0 fully saturated rings. The molecule has 0 heterocycles. The van der Waals surface area contributed by atoms with Gasteiger partial charge in [0.25, 0.3) is 0 Å². The Bertz CT molecular complexity index is 432. The summed E-state index contributed by atoms with van der Waals surface area (Å²) in [7, 11) is 1.15. The summed E-state index contributed by atoms with van der Waals surface area (Å²) in [5, 5.41) is 2.43. The number of carbonyl (C=O) groups is 1. The topological polar surface area (TPSA) is 38.3 Å². The molecule has 0 spiro atoms. The van der Waals surface area contributed by atoms with Crippen LogP contribution in [0.4, 0.5) is 18.9 Å². The van der Waals surface area contributed by atoms with Crippen LogP contribution in [0.3, 0.4) is 0 Å². The van der Waals surface area contributed by atoms with Crippen molar-refractivity contribution in [1.82, 2.24) is 0 Å². The van der Waals surface area contributed by atoms with Crippen molar-refractivity contribution in [1.29, 1.82) is 0 Å². The first-order valence-corrected chi connectivity index (χ1v) is 5.80. The summed E-state index contributed by atoms with van der Waals surface area (Å²) in [6, 6.07) is 4.93. The zero-order valence-corrected chi connectivity index (χ0v) is 10.8. The van der Waals surface area contributed by atoms with E-state index in [4.69, 9.17) is 0 Å². The van der Waals surface area contributed by atoms with E-state index in [1.807, 2.05) is 0 Å². The van der Waals surface area contributed by atoms with Gasteiger partial charge in [0.1, 0.15) is 6.04 Å². The number of ether oxygens (including phenoxy) is 1. The number of esters is 1. The van der Waals surface area contributed by atoms with Crippen molar-refractivity contribution in [3.8, 4) is 0 Å². The Morgan fingerprint density at radius 1 is 1.37 bits per heavy atom. The van der Waals surface area contributed by atoms with Crippen molar-refractivity contribution in [3.63, 3.8) is 0 Å². The second-order valence-corrected chi connectivity index (χ2v) is 4.17. The van der Waals surface area contributed by atoms with Gasteiger partial charge in [0, 0.05) is 12.1 Å². The minimum absolute atomic E-state index is 0.278. The molecule has 0 amide bonds. The molecule has 1 aromatic rings. The minimum Gasteiger partial charge on any atom is -0.469 e. The summed E-state index contributed by atoms with van der Waals surface area (Å²) in [6.07, 6.45) is -5.06. The third-order valence-corrected chi connectivity index (χ3v) is 2.73. The lowest BCUT2D eigenvalue weighted by Gasteiger charge is -2.23. The number of hydrogen-bond donors (Lipinski definition) is 1. The molecule has 1 N–H and O–H groups in total. The Hall–Kier alpha value is -1.72. The largest absolute Gasteiger partial charge is 0.469 e. The van der Waals surface area contributed by atoms with Gasteiger partial charge >= 0.3 is 12.1 Å². The average molecular weight is 275 g/mol. The van der Waals surface area contributed by atoms with Crippen LogP contribution < -0.4 is 5.32 Å². The number of benzene rings is 1. The number of rotatable bonds is 5. The van der Waals surface area contributed by atoms with Gasteiger partial charge in [0.05, 0.1) is 7.11 Å². The zero-order valence-electron chi connectivity index (χ0n) is 10.8. The van der Waals surface area contributed by atoms with Crippen LogP contribution in [0.25, 0.3) is 0 Å². The van der Waals surface area contributed by atoms with Crippen LogP contribution in [0.5, 0.6) is 0 Å². The summed E-state index contributed by atoms with van der Waals surface area (Å²) >= 11 is 0. The fourth-order valence-corrected chi connectivity index (χ4v) is 1.60. The summed E-state index contributed by atoms with van der Waals surface area (Å²) in [4.78, 5) is 10.9. The summed E-state index contributed by atoms with van der Waals surface area (Å²) in [6.45, 7) is 1.72. The Morgan fingerprint density at radius 2 is 2.00 bits per heavy atom. The van der Waals surface area contributed by atoms with Gasteiger partial charge in [-0.05, 0) is 25.0 Å². The van der Waals surface area contributed by atoms with Crippen LogP contribution in [0.15, 0.2) is 24.3 Å². The molecule has 0 saturated heterocycles. The highest BCUT2D eigenvalue weighted by Crippen LogP contribution is 2.28. The second-order valence-electron chi connectivity index (χ2n) is 4.17. The lowest BCUT2D eigenvalue weighted by Crippen LogP contribution is -2.37. The lowest BCUT2D eigenvalue weighted by atomic mass is 10.1. The first kappa shape index (κ1) is 15.3. The van der Waals surface area contributed by atoms with Crippen LogP contribution in [-0.2, 0) is 9.53 Å². The first-order chi connectivity index (χ1) is 8.84. The lowest BCUT2D eigenvalue weighted by molar-refractivity contribution is -0.149. The van der Waals surface area contributed by atoms with E-state index in [-0.39, 0.29) is 12.8 Å². The molecule has 6 heteroatoms. The summed E-state index contributed by atoms with van der Waals surface area (Å²) in [5.74, 6) is -0.652. The van der Waals surface area contributed by atoms with Gasteiger partial charge in [-0.25, -0.2) is 0 Å². The Labute approximate surface area is 109 Å². The smallest absolute Gasteiger partial charge is 0.408 e. The van der Waals surface area contributed by atoms with E-state index in [9.17, 15) is 18.0 Å². The van der Waals surface area contributed by atoms with Gasteiger partial charge in [-0.1, -0.05) is 18.2 Å². The van der Waals surface area contributed by atoms with E-state index >= 15 is 0 Å². The quantitative estimate of drug-likeness (QED) is 0.838. The summed E-state index contributed by atoms with van der Waals surface area (Å²) < 4.78 is 43.0. The third kappa shape index (κ3) is 4.81. The molecule has 0 aliphatic carbocycles. The maximum atomic E-state index is 12.9. The minimum atomic E-state index is -4.42. The number of methoxy groups -OCH3 is 1. The number of aryl methyl sites for hydroxylation is 1. The number of halogens is 3. The maximum Gasteiger partial charge on any atom is 0.408 e. The highest BCUT2D eigenvalue weighted by atomic mass is 19.4. The van der Waals surface area contributed by atoms with E-state index in [2.05, 4.69) is 10.1 Å². The van der Waals surface area contributed by atoms with E-state index in [0.29, 0.717) is 5.69 Å². The second kappa shape index (κ2) is 6.45. The molecule has 0 saturated carbocycles. The highest BCUT2D eigenvalue weighted by Gasteiger charge is 2.39. The molecule has 0 aromatic heterocycles. The number of carbonyl (C=O) groups excluding carboxylic acids is 1. The van der Waals surface area contributed by atoms with Crippen molar-refractivity contribution < 1.29 is 22.7 Å².